The van der Waals surface area contributed by atoms with Crippen molar-refractivity contribution in [2.24, 2.45) is 0 Å². The fraction of sp³-hybridized carbons (Fsp3) is 1.00. The van der Waals surface area contributed by atoms with Gasteiger partial charge in [0.15, 0.2) is 0 Å². The van der Waals surface area contributed by atoms with E-state index in [4.69, 9.17) is 5.11 Å². The van der Waals surface area contributed by atoms with Gasteiger partial charge in [-0.1, -0.05) is 0 Å². The van der Waals surface area contributed by atoms with Crippen molar-refractivity contribution in [3.8, 4) is 0 Å². The molecule has 0 aromatic carbocycles. The zero-order valence-electron chi connectivity index (χ0n) is 3.01. The zero-order chi connectivity index (χ0) is 2.71. The van der Waals surface area contributed by atoms with Crippen LogP contribution in [0.15, 0.2) is 0 Å². The van der Waals surface area contributed by atoms with Gasteiger partial charge in [-0.2, -0.15) is 0 Å². The van der Waals surface area contributed by atoms with Crippen LogP contribution in [-0.2, 0) is 22.4 Å². The van der Waals surface area contributed by atoms with Crippen molar-refractivity contribution < 1.29 is 27.5 Å². The summed E-state index contributed by atoms with van der Waals surface area (Å²) in [6, 6.07) is 0. The van der Waals surface area contributed by atoms with E-state index in [2.05, 4.69) is 0 Å². The molecule has 0 atom stereocenters. The summed E-state index contributed by atoms with van der Waals surface area (Å²) in [7, 11) is 0. The fourth-order valence-corrected chi connectivity index (χ4v) is 0. The summed E-state index contributed by atoms with van der Waals surface area (Å²) in [6.45, 7) is 1.93. The summed E-state index contributed by atoms with van der Waals surface area (Å²) in [5.74, 6) is 0. The van der Waals surface area contributed by atoms with Gasteiger partial charge in [-0.15, -0.1) is 12.4 Å². The molecule has 0 unspecified atom stereocenters. The van der Waals surface area contributed by atoms with Gasteiger partial charge < -0.3 is 5.11 Å². The molecular formula is C2H7ClNbO. The number of rotatable bonds is 0. The molecule has 0 saturated carbocycles. The molecule has 0 aliphatic heterocycles. The second-order valence-corrected chi connectivity index (χ2v) is 0.316. The summed E-state index contributed by atoms with van der Waals surface area (Å²) in [6.07, 6.45) is 0. The van der Waals surface area contributed by atoms with Crippen molar-refractivity contribution >= 4 is 12.4 Å². The zero-order valence-corrected chi connectivity index (χ0v) is 6.02. The van der Waals surface area contributed by atoms with Crippen molar-refractivity contribution in [3.05, 3.63) is 0 Å². The first-order valence-corrected chi connectivity index (χ1v) is 1.02. The Kier molecular flexibility index (Phi) is 66.9. The SMILES string of the molecule is CCO.Cl.[Nb]. The standard InChI is InChI=1S/C2H6O.ClH.Nb/c1-2-3;;/h3H,2H2,1H3;1H;. The molecule has 33 valence electrons. The van der Waals surface area contributed by atoms with E-state index in [1.54, 1.807) is 6.92 Å². The molecule has 0 rings (SSSR count). The van der Waals surface area contributed by atoms with Gasteiger partial charge in [0.1, 0.15) is 0 Å². The Morgan fingerprint density at radius 1 is 1.60 bits per heavy atom. The maximum Gasteiger partial charge on any atom is 0.0402 e. The van der Waals surface area contributed by atoms with Crippen molar-refractivity contribution in [2.75, 3.05) is 6.61 Å². The molecule has 0 bridgehead atoms. The molecule has 5 heavy (non-hydrogen) atoms. The predicted octanol–water partition coefficient (Wildman–Crippen LogP) is 0.418. The first-order valence-electron chi connectivity index (χ1n) is 1.02. The summed E-state index contributed by atoms with van der Waals surface area (Å²) < 4.78 is 0. The van der Waals surface area contributed by atoms with Crippen LogP contribution >= 0.6 is 12.4 Å². The van der Waals surface area contributed by atoms with E-state index < -0.39 is 0 Å². The fourth-order valence-electron chi connectivity index (χ4n) is 0. The van der Waals surface area contributed by atoms with Gasteiger partial charge in [0.2, 0.25) is 0 Å². The molecule has 0 aromatic rings. The molecule has 0 heterocycles. The molecule has 1 nitrogen and oxygen atoms in total. The Morgan fingerprint density at radius 2 is 1.60 bits per heavy atom. The van der Waals surface area contributed by atoms with Crippen LogP contribution < -0.4 is 0 Å². The van der Waals surface area contributed by atoms with Crippen molar-refractivity contribution in [2.45, 2.75) is 6.92 Å². The number of hydrogen-bond donors (Lipinski definition) is 1. The van der Waals surface area contributed by atoms with Crippen LogP contribution in [0, 0.1) is 0 Å². The molecule has 0 amide bonds. The predicted molar refractivity (Wildman–Crippen MR) is 20.0 cm³/mol. The third-order valence-electron chi connectivity index (χ3n) is 0. The van der Waals surface area contributed by atoms with E-state index in [-0.39, 0.29) is 41.4 Å². The first kappa shape index (κ1) is 16.7. The number of halogens is 1. The molecule has 0 aromatic heterocycles. The number of hydrogen-bond acceptors (Lipinski definition) is 1. The van der Waals surface area contributed by atoms with Crippen LogP contribution in [0.25, 0.3) is 0 Å². The average molecular weight is 175 g/mol. The molecule has 3 heteroatoms. The molecule has 1 radical (unpaired) electrons. The maximum atomic E-state index is 7.57. The molecule has 0 aliphatic carbocycles. The average Bonchev–Trinajstić information content (AvgIpc) is 0.918. The van der Waals surface area contributed by atoms with Crippen LogP contribution in [0.5, 0.6) is 0 Å². The first-order chi connectivity index (χ1) is 1.41. The summed E-state index contributed by atoms with van der Waals surface area (Å²) in [4.78, 5) is 0. The third kappa shape index (κ3) is 45.5. The van der Waals surface area contributed by atoms with Gasteiger partial charge in [0.25, 0.3) is 0 Å². The normalized spacial score (nSPS) is 3.60. The molecule has 0 aliphatic rings. The quantitative estimate of drug-likeness (QED) is 0.529. The monoisotopic (exact) mass is 175 g/mol. The molecule has 1 N–H and O–H groups in total. The van der Waals surface area contributed by atoms with E-state index in [1.165, 1.54) is 0 Å². The van der Waals surface area contributed by atoms with Gasteiger partial charge in [-0.3, -0.25) is 0 Å². The number of aliphatic hydroxyl groups excluding tert-OH is 1. The Hall–Kier alpha value is 0.990. The van der Waals surface area contributed by atoms with Crippen LogP contribution in [0.4, 0.5) is 0 Å². The van der Waals surface area contributed by atoms with Crippen LogP contribution in [0.3, 0.4) is 0 Å². The minimum atomic E-state index is 0. The molecule has 0 spiro atoms. The van der Waals surface area contributed by atoms with E-state index in [9.17, 15) is 0 Å². The Morgan fingerprint density at radius 3 is 1.60 bits per heavy atom. The van der Waals surface area contributed by atoms with E-state index >= 15 is 0 Å². The smallest absolute Gasteiger partial charge is 0.0402 e. The Labute approximate surface area is 53.7 Å². The van der Waals surface area contributed by atoms with E-state index in [0.717, 1.165) is 0 Å². The minimum absolute atomic E-state index is 0. The Bertz CT molecular complexity index is 9.61. The molecule has 0 saturated heterocycles. The van der Waals surface area contributed by atoms with Gasteiger partial charge in [-0.25, -0.2) is 0 Å². The van der Waals surface area contributed by atoms with Crippen molar-refractivity contribution in [3.63, 3.8) is 0 Å². The molecule has 0 fully saturated rings. The second-order valence-electron chi connectivity index (χ2n) is 0.316. The summed E-state index contributed by atoms with van der Waals surface area (Å²) in [5, 5.41) is 7.57. The van der Waals surface area contributed by atoms with Crippen LogP contribution in [0.2, 0.25) is 0 Å². The second kappa shape index (κ2) is 20.1. The summed E-state index contributed by atoms with van der Waals surface area (Å²) >= 11 is 0. The van der Waals surface area contributed by atoms with Gasteiger partial charge in [-0.05, 0) is 6.92 Å². The largest absolute Gasteiger partial charge is 0.397 e. The van der Waals surface area contributed by atoms with E-state index in [1.807, 2.05) is 0 Å². The van der Waals surface area contributed by atoms with Crippen molar-refractivity contribution in [1.82, 2.24) is 0 Å². The van der Waals surface area contributed by atoms with Crippen LogP contribution in [-0.4, -0.2) is 11.7 Å². The number of aliphatic hydroxyl groups is 1. The minimum Gasteiger partial charge on any atom is -0.397 e. The van der Waals surface area contributed by atoms with E-state index in [0.29, 0.717) is 0 Å². The van der Waals surface area contributed by atoms with Crippen LogP contribution in [0.1, 0.15) is 6.92 Å². The topological polar surface area (TPSA) is 20.2 Å². The van der Waals surface area contributed by atoms with Gasteiger partial charge >= 0.3 is 0 Å². The summed E-state index contributed by atoms with van der Waals surface area (Å²) in [5.41, 5.74) is 0. The maximum absolute atomic E-state index is 7.57. The van der Waals surface area contributed by atoms with Crippen molar-refractivity contribution in [1.29, 1.82) is 0 Å². The van der Waals surface area contributed by atoms with Gasteiger partial charge in [0, 0.05) is 29.0 Å². The Balaban J connectivity index is -0.0000000200. The third-order valence-corrected chi connectivity index (χ3v) is 0. The van der Waals surface area contributed by atoms with Gasteiger partial charge in [0.05, 0.1) is 0 Å². The molecular weight excluding hydrogens is 168 g/mol.